The number of aliphatic hydroxyl groups is 1. The number of pyridine rings is 1. The maximum atomic E-state index is 13.2. The highest BCUT2D eigenvalue weighted by molar-refractivity contribution is 6.51. The molecule has 3 heterocycles. The Balaban J connectivity index is 1.75. The van der Waals surface area contributed by atoms with Gasteiger partial charge >= 0.3 is 0 Å². The number of carbonyl (C=O) groups excluding carboxylic acids is 2. The summed E-state index contributed by atoms with van der Waals surface area (Å²) < 4.78 is 5.30. The summed E-state index contributed by atoms with van der Waals surface area (Å²) in [5, 5.41) is 12.1. The van der Waals surface area contributed by atoms with Gasteiger partial charge in [-0.3, -0.25) is 19.5 Å². The summed E-state index contributed by atoms with van der Waals surface area (Å²) in [5.41, 5.74) is 2.45. The zero-order valence-electron chi connectivity index (χ0n) is 17.1. The lowest BCUT2D eigenvalue weighted by Gasteiger charge is -2.25. The molecule has 0 spiro atoms. The molecule has 5 rings (SSSR count). The summed E-state index contributed by atoms with van der Waals surface area (Å²) in [6, 6.07) is 17.0. The van der Waals surface area contributed by atoms with Crippen molar-refractivity contribution >= 4 is 34.0 Å². The van der Waals surface area contributed by atoms with E-state index in [2.05, 4.69) is 9.97 Å². The van der Waals surface area contributed by atoms with Crippen molar-refractivity contribution in [2.24, 2.45) is 0 Å². The first-order valence-electron chi connectivity index (χ1n) is 10.0. The minimum absolute atomic E-state index is 0.0220. The number of rotatable bonds is 4. The van der Waals surface area contributed by atoms with E-state index in [9.17, 15) is 14.7 Å². The molecule has 1 aliphatic rings. The topological polar surface area (TPSA) is 95.5 Å². The van der Waals surface area contributed by atoms with Gasteiger partial charge in [0.1, 0.15) is 11.5 Å². The van der Waals surface area contributed by atoms with Crippen LogP contribution in [0.25, 0.3) is 16.7 Å². The number of fused-ring (bicyclic) bond motifs is 1. The Morgan fingerprint density at radius 3 is 2.62 bits per heavy atom. The van der Waals surface area contributed by atoms with Crippen molar-refractivity contribution in [3.05, 3.63) is 96.0 Å². The van der Waals surface area contributed by atoms with Gasteiger partial charge in [0.15, 0.2) is 0 Å². The average Bonchev–Trinajstić information content (AvgIpc) is 3.38. The summed E-state index contributed by atoms with van der Waals surface area (Å²) in [6.45, 7) is 0. The van der Waals surface area contributed by atoms with E-state index in [1.54, 1.807) is 55.0 Å². The van der Waals surface area contributed by atoms with E-state index >= 15 is 0 Å². The van der Waals surface area contributed by atoms with E-state index < -0.39 is 17.7 Å². The number of H-pyrrole nitrogens is 1. The molecule has 0 bridgehead atoms. The molecule has 1 unspecified atom stereocenters. The molecule has 1 fully saturated rings. The lowest BCUT2D eigenvalue weighted by atomic mass is 9.95. The number of nitrogens with one attached hydrogen (secondary N) is 1. The van der Waals surface area contributed by atoms with Crippen molar-refractivity contribution in [2.75, 3.05) is 12.0 Å². The number of nitrogens with zero attached hydrogens (tertiary/aromatic N) is 2. The zero-order chi connectivity index (χ0) is 22.2. The SMILES string of the molecule is COc1cccc(N2C(=O)C(=O)/C(=C(\O)c3c[nH]c4ccccc34)C2c2ccncc2)c1. The fourth-order valence-corrected chi connectivity index (χ4v) is 4.13. The Labute approximate surface area is 183 Å². The molecule has 4 aromatic rings. The van der Waals surface area contributed by atoms with E-state index in [0.717, 1.165) is 10.9 Å². The van der Waals surface area contributed by atoms with Crippen molar-refractivity contribution in [1.82, 2.24) is 9.97 Å². The second-order valence-electron chi connectivity index (χ2n) is 7.40. The molecule has 158 valence electrons. The van der Waals surface area contributed by atoms with Gasteiger partial charge in [-0.2, -0.15) is 0 Å². The lowest BCUT2D eigenvalue weighted by molar-refractivity contribution is -0.132. The van der Waals surface area contributed by atoms with Crippen LogP contribution in [0.2, 0.25) is 0 Å². The first kappa shape index (κ1) is 19.6. The molecule has 1 atom stereocenters. The zero-order valence-corrected chi connectivity index (χ0v) is 17.1. The van der Waals surface area contributed by atoms with Crippen LogP contribution in [0, 0.1) is 0 Å². The number of aromatic amines is 1. The number of hydrogen-bond acceptors (Lipinski definition) is 5. The predicted octanol–water partition coefficient (Wildman–Crippen LogP) is 4.20. The summed E-state index contributed by atoms with van der Waals surface area (Å²) in [4.78, 5) is 35.0. The maximum Gasteiger partial charge on any atom is 0.300 e. The molecule has 1 saturated heterocycles. The average molecular weight is 425 g/mol. The fraction of sp³-hybridized carbons (Fsp3) is 0.0800. The van der Waals surface area contributed by atoms with E-state index in [0.29, 0.717) is 22.6 Å². The van der Waals surface area contributed by atoms with E-state index in [1.807, 2.05) is 24.3 Å². The summed E-state index contributed by atoms with van der Waals surface area (Å²) in [6.07, 6.45) is 4.82. The van der Waals surface area contributed by atoms with Crippen molar-refractivity contribution < 1.29 is 19.4 Å². The van der Waals surface area contributed by atoms with Gasteiger partial charge < -0.3 is 14.8 Å². The molecular weight excluding hydrogens is 406 g/mol. The number of amides is 1. The minimum atomic E-state index is -0.821. The van der Waals surface area contributed by atoms with Gasteiger partial charge in [0.25, 0.3) is 11.7 Å². The fourth-order valence-electron chi connectivity index (χ4n) is 4.13. The highest BCUT2D eigenvalue weighted by Crippen LogP contribution is 2.43. The monoisotopic (exact) mass is 425 g/mol. The third-order valence-corrected chi connectivity index (χ3v) is 5.64. The first-order valence-corrected chi connectivity index (χ1v) is 10.0. The molecule has 2 N–H and O–H groups in total. The van der Waals surface area contributed by atoms with Crippen LogP contribution >= 0.6 is 0 Å². The van der Waals surface area contributed by atoms with Gasteiger partial charge in [0, 0.05) is 46.8 Å². The number of Topliss-reactive ketones (excluding diaryl/α,β-unsaturated/α-hetero) is 1. The second kappa shape index (κ2) is 7.70. The van der Waals surface area contributed by atoms with E-state index in [4.69, 9.17) is 4.74 Å². The molecule has 7 nitrogen and oxygen atoms in total. The Morgan fingerprint density at radius 2 is 1.84 bits per heavy atom. The Morgan fingerprint density at radius 1 is 1.06 bits per heavy atom. The largest absolute Gasteiger partial charge is 0.507 e. The molecule has 1 aliphatic heterocycles. The number of anilines is 1. The third-order valence-electron chi connectivity index (χ3n) is 5.64. The van der Waals surface area contributed by atoms with Crippen LogP contribution in [0.4, 0.5) is 5.69 Å². The number of ether oxygens (including phenoxy) is 1. The van der Waals surface area contributed by atoms with Gasteiger partial charge in [-0.1, -0.05) is 24.3 Å². The Bertz CT molecular complexity index is 1370. The number of benzene rings is 2. The molecule has 2 aromatic heterocycles. The molecule has 7 heteroatoms. The molecule has 0 saturated carbocycles. The Kier molecular flexibility index (Phi) is 4.71. The van der Waals surface area contributed by atoms with Gasteiger partial charge in [-0.25, -0.2) is 0 Å². The van der Waals surface area contributed by atoms with Gasteiger partial charge in [0.2, 0.25) is 0 Å². The number of aliphatic hydroxyl groups excluding tert-OH is 1. The summed E-state index contributed by atoms with van der Waals surface area (Å²) >= 11 is 0. The van der Waals surface area contributed by atoms with Crippen LogP contribution in [-0.2, 0) is 9.59 Å². The van der Waals surface area contributed by atoms with Crippen LogP contribution in [0.3, 0.4) is 0 Å². The van der Waals surface area contributed by atoms with E-state index in [-0.39, 0.29) is 11.3 Å². The normalized spacial score (nSPS) is 17.8. The Hall–Kier alpha value is -4.39. The predicted molar refractivity (Wildman–Crippen MR) is 120 cm³/mol. The molecule has 2 aromatic carbocycles. The highest BCUT2D eigenvalue weighted by atomic mass is 16.5. The first-order chi connectivity index (χ1) is 15.6. The highest BCUT2D eigenvalue weighted by Gasteiger charge is 2.47. The van der Waals surface area contributed by atoms with Crippen LogP contribution in [-0.4, -0.2) is 33.9 Å². The number of methoxy groups -OCH3 is 1. The summed E-state index contributed by atoms with van der Waals surface area (Å²) in [5.74, 6) is -1.15. The number of ketones is 1. The molecule has 32 heavy (non-hydrogen) atoms. The van der Waals surface area contributed by atoms with Gasteiger partial charge in [-0.15, -0.1) is 0 Å². The van der Waals surface area contributed by atoms with Crippen molar-refractivity contribution in [3.63, 3.8) is 0 Å². The van der Waals surface area contributed by atoms with Crippen molar-refractivity contribution in [3.8, 4) is 5.75 Å². The number of carbonyl (C=O) groups is 2. The molecule has 0 radical (unpaired) electrons. The van der Waals surface area contributed by atoms with Crippen molar-refractivity contribution in [1.29, 1.82) is 0 Å². The van der Waals surface area contributed by atoms with Crippen molar-refractivity contribution in [2.45, 2.75) is 6.04 Å². The van der Waals surface area contributed by atoms with Gasteiger partial charge in [0.05, 0.1) is 18.7 Å². The van der Waals surface area contributed by atoms with Crippen LogP contribution in [0.5, 0.6) is 5.75 Å². The standard InChI is InChI=1S/C25H19N3O4/c1-32-17-6-4-5-16(13-17)28-22(15-9-11-26-12-10-15)21(24(30)25(28)31)23(29)19-14-27-20-8-3-2-7-18(19)20/h2-14,22,27,29H,1H3/b23-21-. The van der Waals surface area contributed by atoms with Crippen LogP contribution < -0.4 is 9.64 Å². The summed E-state index contributed by atoms with van der Waals surface area (Å²) in [7, 11) is 1.53. The quantitative estimate of drug-likeness (QED) is 0.290. The second-order valence-corrected chi connectivity index (χ2v) is 7.40. The molecule has 1 amide bonds. The molecular formula is C25H19N3O4. The minimum Gasteiger partial charge on any atom is -0.507 e. The smallest absolute Gasteiger partial charge is 0.300 e. The third kappa shape index (κ3) is 3.02. The van der Waals surface area contributed by atoms with Crippen LogP contribution in [0.15, 0.2) is 84.8 Å². The molecule has 0 aliphatic carbocycles. The number of para-hydroxylation sites is 1. The number of aromatic nitrogens is 2. The van der Waals surface area contributed by atoms with E-state index in [1.165, 1.54) is 12.0 Å². The van der Waals surface area contributed by atoms with Gasteiger partial charge in [-0.05, 0) is 35.9 Å². The number of hydrogen-bond donors (Lipinski definition) is 2. The maximum absolute atomic E-state index is 13.2. The lowest BCUT2D eigenvalue weighted by Crippen LogP contribution is -2.29. The van der Waals surface area contributed by atoms with Crippen LogP contribution in [0.1, 0.15) is 17.2 Å².